The number of halogens is 1. The molecule has 0 atom stereocenters. The summed E-state index contributed by atoms with van der Waals surface area (Å²) in [5.74, 6) is 2.32. The normalized spacial score (nSPS) is 12.2. The zero-order chi connectivity index (χ0) is 14.5. The SMILES string of the molecule is CCNC(=NCc1ncc(C(C)(C)C)o1)NC(C)C.I. The van der Waals surface area contributed by atoms with Crippen LogP contribution in [0.25, 0.3) is 0 Å². The Morgan fingerprint density at radius 1 is 1.40 bits per heavy atom. The highest BCUT2D eigenvalue weighted by atomic mass is 127. The van der Waals surface area contributed by atoms with Crippen LogP contribution < -0.4 is 10.6 Å². The molecule has 1 aromatic heterocycles. The van der Waals surface area contributed by atoms with Crippen LogP contribution >= 0.6 is 24.0 Å². The van der Waals surface area contributed by atoms with Crippen molar-refractivity contribution in [3.05, 3.63) is 17.8 Å². The second kappa shape index (κ2) is 8.49. The van der Waals surface area contributed by atoms with Crippen molar-refractivity contribution in [1.82, 2.24) is 15.6 Å². The van der Waals surface area contributed by atoms with Gasteiger partial charge in [0.1, 0.15) is 12.3 Å². The van der Waals surface area contributed by atoms with Gasteiger partial charge in [0.25, 0.3) is 0 Å². The van der Waals surface area contributed by atoms with Crippen LogP contribution in [0.2, 0.25) is 0 Å². The molecular weight excluding hydrogens is 367 g/mol. The highest BCUT2D eigenvalue weighted by molar-refractivity contribution is 14.0. The Morgan fingerprint density at radius 3 is 2.50 bits per heavy atom. The first-order valence-corrected chi connectivity index (χ1v) is 6.83. The zero-order valence-corrected chi connectivity index (χ0v) is 15.6. The average Bonchev–Trinajstić information content (AvgIpc) is 2.73. The topological polar surface area (TPSA) is 62.5 Å². The van der Waals surface area contributed by atoms with E-state index in [0.717, 1.165) is 18.3 Å². The van der Waals surface area contributed by atoms with E-state index in [1.165, 1.54) is 0 Å². The molecule has 1 heterocycles. The monoisotopic (exact) mass is 394 g/mol. The molecule has 2 N–H and O–H groups in total. The Morgan fingerprint density at radius 2 is 2.05 bits per heavy atom. The quantitative estimate of drug-likeness (QED) is 0.468. The fraction of sp³-hybridized carbons (Fsp3) is 0.714. The summed E-state index contributed by atoms with van der Waals surface area (Å²) < 4.78 is 5.71. The van der Waals surface area contributed by atoms with Gasteiger partial charge in [0, 0.05) is 18.0 Å². The van der Waals surface area contributed by atoms with Gasteiger partial charge >= 0.3 is 0 Å². The molecule has 0 aliphatic rings. The maximum Gasteiger partial charge on any atom is 0.216 e. The Balaban J connectivity index is 0.00000361. The molecule has 0 radical (unpaired) electrons. The molecule has 0 aromatic carbocycles. The molecule has 6 heteroatoms. The predicted molar refractivity (Wildman–Crippen MR) is 93.7 cm³/mol. The summed E-state index contributed by atoms with van der Waals surface area (Å²) in [5.41, 5.74) is -0.0182. The lowest BCUT2D eigenvalue weighted by Crippen LogP contribution is -2.41. The van der Waals surface area contributed by atoms with Crippen LogP contribution in [0.5, 0.6) is 0 Å². The largest absolute Gasteiger partial charge is 0.443 e. The van der Waals surface area contributed by atoms with Gasteiger partial charge in [0.2, 0.25) is 5.89 Å². The van der Waals surface area contributed by atoms with Gasteiger partial charge in [-0.15, -0.1) is 24.0 Å². The van der Waals surface area contributed by atoms with Crippen molar-refractivity contribution in [2.24, 2.45) is 4.99 Å². The summed E-state index contributed by atoms with van der Waals surface area (Å²) in [4.78, 5) is 8.72. The second-order valence-electron chi connectivity index (χ2n) is 5.86. The lowest BCUT2D eigenvalue weighted by Gasteiger charge is -2.14. The molecule has 1 aromatic rings. The fourth-order valence-corrected chi connectivity index (χ4v) is 1.47. The number of aliphatic imine (C=N–C) groups is 1. The van der Waals surface area contributed by atoms with E-state index in [9.17, 15) is 0 Å². The third kappa shape index (κ3) is 6.58. The van der Waals surface area contributed by atoms with E-state index in [-0.39, 0.29) is 29.4 Å². The lowest BCUT2D eigenvalue weighted by molar-refractivity contribution is 0.383. The van der Waals surface area contributed by atoms with Gasteiger partial charge in [-0.25, -0.2) is 9.98 Å². The number of guanidine groups is 1. The maximum absolute atomic E-state index is 5.71. The molecule has 116 valence electrons. The Hall–Kier alpha value is -0.790. The number of rotatable bonds is 4. The van der Waals surface area contributed by atoms with E-state index in [2.05, 4.69) is 55.2 Å². The predicted octanol–water partition coefficient (Wildman–Crippen LogP) is 3.05. The number of oxazole rings is 1. The van der Waals surface area contributed by atoms with Gasteiger partial charge in [-0.05, 0) is 20.8 Å². The molecule has 1 rings (SSSR count). The zero-order valence-electron chi connectivity index (χ0n) is 13.3. The summed E-state index contributed by atoms with van der Waals surface area (Å²) in [6, 6.07) is 0.340. The maximum atomic E-state index is 5.71. The van der Waals surface area contributed by atoms with Crippen LogP contribution in [0, 0.1) is 0 Å². The summed E-state index contributed by atoms with van der Waals surface area (Å²) in [7, 11) is 0. The van der Waals surface area contributed by atoms with Crippen LogP contribution in [-0.2, 0) is 12.0 Å². The fourth-order valence-electron chi connectivity index (χ4n) is 1.47. The van der Waals surface area contributed by atoms with Crippen molar-refractivity contribution in [3.8, 4) is 0 Å². The van der Waals surface area contributed by atoms with Crippen LogP contribution in [0.1, 0.15) is 53.2 Å². The number of nitrogens with zero attached hydrogens (tertiary/aromatic N) is 2. The summed E-state index contributed by atoms with van der Waals surface area (Å²) in [6.45, 7) is 13.8. The number of hydrogen-bond donors (Lipinski definition) is 2. The first-order chi connectivity index (χ1) is 8.82. The van der Waals surface area contributed by atoms with Crippen molar-refractivity contribution < 1.29 is 4.42 Å². The van der Waals surface area contributed by atoms with E-state index >= 15 is 0 Å². The molecule has 20 heavy (non-hydrogen) atoms. The van der Waals surface area contributed by atoms with Crippen LogP contribution in [0.4, 0.5) is 0 Å². The smallest absolute Gasteiger partial charge is 0.216 e. The van der Waals surface area contributed by atoms with Gasteiger partial charge < -0.3 is 15.1 Å². The van der Waals surface area contributed by atoms with Gasteiger partial charge in [-0.2, -0.15) is 0 Å². The molecule has 0 amide bonds. The van der Waals surface area contributed by atoms with Crippen LogP contribution in [-0.4, -0.2) is 23.5 Å². The first-order valence-electron chi connectivity index (χ1n) is 6.83. The van der Waals surface area contributed by atoms with Crippen molar-refractivity contribution in [1.29, 1.82) is 0 Å². The first kappa shape index (κ1) is 19.2. The molecule has 0 saturated heterocycles. The third-order valence-corrected chi connectivity index (χ3v) is 2.43. The molecule has 5 nitrogen and oxygen atoms in total. The van der Waals surface area contributed by atoms with E-state index in [1.807, 2.05) is 6.92 Å². The molecule has 0 aliphatic carbocycles. The number of aromatic nitrogens is 1. The summed E-state index contributed by atoms with van der Waals surface area (Å²) in [6.07, 6.45) is 1.79. The average molecular weight is 394 g/mol. The number of nitrogens with one attached hydrogen (secondary N) is 2. The Labute approximate surface area is 139 Å². The molecule has 0 unspecified atom stereocenters. The minimum atomic E-state index is -0.0182. The highest BCUT2D eigenvalue weighted by Crippen LogP contribution is 2.22. The third-order valence-electron chi connectivity index (χ3n) is 2.43. The summed E-state index contributed by atoms with van der Waals surface area (Å²) in [5, 5.41) is 6.45. The van der Waals surface area contributed by atoms with E-state index in [1.54, 1.807) is 6.20 Å². The van der Waals surface area contributed by atoms with Gasteiger partial charge in [0.15, 0.2) is 5.96 Å². The molecule has 0 aliphatic heterocycles. The van der Waals surface area contributed by atoms with Crippen molar-refractivity contribution in [2.75, 3.05) is 6.54 Å². The van der Waals surface area contributed by atoms with Gasteiger partial charge in [0.05, 0.1) is 6.20 Å². The van der Waals surface area contributed by atoms with Gasteiger partial charge in [-0.3, -0.25) is 0 Å². The van der Waals surface area contributed by atoms with Crippen LogP contribution in [0.15, 0.2) is 15.6 Å². The lowest BCUT2D eigenvalue weighted by atomic mass is 9.94. The minimum absolute atomic E-state index is 0. The standard InChI is InChI=1S/C14H26N4O.HI/c1-7-15-13(18-10(2)3)17-9-12-16-8-11(19-12)14(4,5)6;/h8,10H,7,9H2,1-6H3,(H2,15,17,18);1H. The van der Waals surface area contributed by atoms with E-state index in [0.29, 0.717) is 18.5 Å². The molecular formula is C14H27IN4O. The second-order valence-corrected chi connectivity index (χ2v) is 5.86. The minimum Gasteiger partial charge on any atom is -0.443 e. The van der Waals surface area contributed by atoms with Crippen molar-refractivity contribution >= 4 is 29.9 Å². The number of hydrogen-bond acceptors (Lipinski definition) is 3. The summed E-state index contributed by atoms with van der Waals surface area (Å²) >= 11 is 0. The van der Waals surface area contributed by atoms with Crippen molar-refractivity contribution in [3.63, 3.8) is 0 Å². The molecule has 0 saturated carbocycles. The Kier molecular flexibility index (Phi) is 8.15. The molecule has 0 fully saturated rings. The highest BCUT2D eigenvalue weighted by Gasteiger charge is 2.18. The molecule has 0 bridgehead atoms. The van der Waals surface area contributed by atoms with Crippen LogP contribution in [0.3, 0.4) is 0 Å². The van der Waals surface area contributed by atoms with Gasteiger partial charge in [-0.1, -0.05) is 20.8 Å². The Bertz CT molecular complexity index is 421. The van der Waals surface area contributed by atoms with Crippen molar-refractivity contribution in [2.45, 2.75) is 59.5 Å². The van der Waals surface area contributed by atoms with E-state index < -0.39 is 0 Å². The molecule has 0 spiro atoms. The van der Waals surface area contributed by atoms with E-state index in [4.69, 9.17) is 4.42 Å².